The number of aryl methyl sites for hydroxylation is 1. The van der Waals surface area contributed by atoms with Crippen LogP contribution in [0.25, 0.3) is 0 Å². The number of anilines is 1. The fourth-order valence-corrected chi connectivity index (χ4v) is 3.28. The summed E-state index contributed by atoms with van der Waals surface area (Å²) >= 11 is 13.3. The monoisotopic (exact) mass is 393 g/mol. The molecule has 0 radical (unpaired) electrons. The molecule has 1 N–H and O–H groups in total. The number of hydrogen-bond acceptors (Lipinski definition) is 5. The molecule has 0 saturated carbocycles. The highest BCUT2D eigenvalue weighted by Gasteiger charge is 2.13. The van der Waals surface area contributed by atoms with Gasteiger partial charge in [0, 0.05) is 10.6 Å². The lowest BCUT2D eigenvalue weighted by Gasteiger charge is -2.10. The van der Waals surface area contributed by atoms with Gasteiger partial charge in [0.15, 0.2) is 5.82 Å². The average Bonchev–Trinajstić information content (AvgIpc) is 3.02. The summed E-state index contributed by atoms with van der Waals surface area (Å²) in [5.41, 5.74) is 1.13. The third kappa shape index (κ3) is 4.54. The van der Waals surface area contributed by atoms with Gasteiger partial charge in [-0.3, -0.25) is 4.79 Å². The standard InChI is InChI=1S/C17H13Cl2N3O2S/c1-10-20-16(24-22-10)9-25-15-5-3-2-4-12(15)17(23)21-11-6-7-13(18)14(19)8-11/h2-8H,9H2,1H3,(H,21,23). The molecule has 3 aromatic rings. The molecule has 8 heteroatoms. The summed E-state index contributed by atoms with van der Waals surface area (Å²) in [6.07, 6.45) is 0. The summed E-state index contributed by atoms with van der Waals surface area (Å²) in [6, 6.07) is 12.3. The molecule has 0 aliphatic carbocycles. The number of rotatable bonds is 5. The summed E-state index contributed by atoms with van der Waals surface area (Å²) in [7, 11) is 0. The molecular weight excluding hydrogens is 381 g/mol. The van der Waals surface area contributed by atoms with Gasteiger partial charge in [0.25, 0.3) is 5.91 Å². The molecule has 1 amide bonds. The van der Waals surface area contributed by atoms with Gasteiger partial charge in [0.1, 0.15) is 0 Å². The van der Waals surface area contributed by atoms with Crippen molar-refractivity contribution in [3.8, 4) is 0 Å². The van der Waals surface area contributed by atoms with E-state index in [1.54, 1.807) is 31.2 Å². The lowest BCUT2D eigenvalue weighted by molar-refractivity contribution is 0.102. The molecule has 5 nitrogen and oxygen atoms in total. The van der Waals surface area contributed by atoms with Crippen LogP contribution in [0.1, 0.15) is 22.1 Å². The minimum atomic E-state index is -0.233. The quantitative estimate of drug-likeness (QED) is 0.601. The highest BCUT2D eigenvalue weighted by molar-refractivity contribution is 7.98. The van der Waals surface area contributed by atoms with Crippen LogP contribution in [-0.4, -0.2) is 16.0 Å². The molecule has 0 fully saturated rings. The average molecular weight is 394 g/mol. The third-order valence-electron chi connectivity index (χ3n) is 3.23. The van der Waals surface area contributed by atoms with E-state index >= 15 is 0 Å². The van der Waals surface area contributed by atoms with E-state index in [1.807, 2.05) is 18.2 Å². The van der Waals surface area contributed by atoms with Gasteiger partial charge in [0.05, 0.1) is 21.4 Å². The highest BCUT2D eigenvalue weighted by Crippen LogP contribution is 2.28. The van der Waals surface area contributed by atoms with Crippen molar-refractivity contribution in [1.29, 1.82) is 0 Å². The Labute approximate surface area is 158 Å². The van der Waals surface area contributed by atoms with Gasteiger partial charge in [-0.15, -0.1) is 11.8 Å². The Morgan fingerprint density at radius 3 is 2.72 bits per heavy atom. The summed E-state index contributed by atoms with van der Waals surface area (Å²) in [6.45, 7) is 1.76. The first-order valence-corrected chi connectivity index (χ1v) is 9.04. The maximum absolute atomic E-state index is 12.6. The van der Waals surface area contributed by atoms with Crippen LogP contribution in [0, 0.1) is 6.92 Å². The largest absolute Gasteiger partial charge is 0.338 e. The van der Waals surface area contributed by atoms with Crippen molar-refractivity contribution in [2.45, 2.75) is 17.6 Å². The number of benzene rings is 2. The molecule has 0 aliphatic heterocycles. The molecule has 0 bridgehead atoms. The maximum atomic E-state index is 12.6. The van der Waals surface area contributed by atoms with E-state index in [1.165, 1.54) is 11.8 Å². The van der Waals surface area contributed by atoms with Crippen LogP contribution in [0.5, 0.6) is 0 Å². The first-order chi connectivity index (χ1) is 12.0. The topological polar surface area (TPSA) is 68.0 Å². The van der Waals surface area contributed by atoms with Crippen molar-refractivity contribution in [3.05, 3.63) is 69.8 Å². The molecule has 0 spiro atoms. The number of aromatic nitrogens is 2. The van der Waals surface area contributed by atoms with Gasteiger partial charge in [-0.1, -0.05) is 40.5 Å². The van der Waals surface area contributed by atoms with Crippen LogP contribution in [0.4, 0.5) is 5.69 Å². The van der Waals surface area contributed by atoms with Crippen LogP contribution in [-0.2, 0) is 5.75 Å². The van der Waals surface area contributed by atoms with Gasteiger partial charge in [-0.25, -0.2) is 0 Å². The zero-order chi connectivity index (χ0) is 17.8. The Hall–Kier alpha value is -2.02. The van der Waals surface area contributed by atoms with E-state index in [0.29, 0.717) is 38.8 Å². The van der Waals surface area contributed by atoms with Crippen LogP contribution in [0.2, 0.25) is 10.0 Å². The van der Waals surface area contributed by atoms with Crippen molar-refractivity contribution in [3.63, 3.8) is 0 Å². The first-order valence-electron chi connectivity index (χ1n) is 7.30. The zero-order valence-corrected chi connectivity index (χ0v) is 15.5. The second kappa shape index (κ2) is 7.91. The van der Waals surface area contributed by atoms with E-state index in [2.05, 4.69) is 15.5 Å². The Morgan fingerprint density at radius 1 is 1.20 bits per heavy atom. The van der Waals surface area contributed by atoms with E-state index in [9.17, 15) is 4.79 Å². The SMILES string of the molecule is Cc1noc(CSc2ccccc2C(=O)Nc2ccc(Cl)c(Cl)c2)n1. The fourth-order valence-electron chi connectivity index (χ4n) is 2.09. The van der Waals surface area contributed by atoms with E-state index in [-0.39, 0.29) is 5.91 Å². The lowest BCUT2D eigenvalue weighted by Crippen LogP contribution is -2.13. The summed E-state index contributed by atoms with van der Waals surface area (Å²) in [5, 5.41) is 7.40. The molecule has 0 aliphatic rings. The molecule has 25 heavy (non-hydrogen) atoms. The molecular formula is C17H13Cl2N3O2S. The normalized spacial score (nSPS) is 10.7. The number of carbonyl (C=O) groups excluding carboxylic acids is 1. The minimum Gasteiger partial charge on any atom is -0.338 e. The van der Waals surface area contributed by atoms with Crippen molar-refractivity contribution in [1.82, 2.24) is 10.1 Å². The third-order valence-corrected chi connectivity index (χ3v) is 5.03. The van der Waals surface area contributed by atoms with Crippen LogP contribution < -0.4 is 5.32 Å². The summed E-state index contributed by atoms with van der Waals surface area (Å²) < 4.78 is 5.10. The number of hydrogen-bond donors (Lipinski definition) is 1. The molecule has 3 rings (SSSR count). The number of nitrogens with zero attached hydrogens (tertiary/aromatic N) is 2. The fraction of sp³-hybridized carbons (Fsp3) is 0.118. The van der Waals surface area contributed by atoms with Gasteiger partial charge < -0.3 is 9.84 Å². The van der Waals surface area contributed by atoms with Crippen LogP contribution in [0.3, 0.4) is 0 Å². The molecule has 2 aromatic carbocycles. The van der Waals surface area contributed by atoms with E-state index in [0.717, 1.165) is 4.90 Å². The maximum Gasteiger partial charge on any atom is 0.256 e. The Kier molecular flexibility index (Phi) is 5.63. The molecule has 1 aromatic heterocycles. The van der Waals surface area contributed by atoms with E-state index < -0.39 is 0 Å². The Balaban J connectivity index is 1.74. The van der Waals surface area contributed by atoms with Crippen molar-refractivity contribution >= 4 is 46.6 Å². The molecule has 0 atom stereocenters. The minimum absolute atomic E-state index is 0.233. The Morgan fingerprint density at radius 2 is 2.00 bits per heavy atom. The second-order valence-electron chi connectivity index (χ2n) is 5.10. The van der Waals surface area contributed by atoms with Gasteiger partial charge in [-0.2, -0.15) is 4.98 Å². The molecule has 0 saturated heterocycles. The Bertz CT molecular complexity index is 914. The van der Waals surface area contributed by atoms with Crippen molar-refractivity contribution in [2.24, 2.45) is 0 Å². The number of nitrogens with one attached hydrogen (secondary N) is 1. The zero-order valence-electron chi connectivity index (χ0n) is 13.1. The summed E-state index contributed by atoms with van der Waals surface area (Å²) in [4.78, 5) is 17.6. The predicted octanol–water partition coefficient (Wildman–Crippen LogP) is 5.23. The number of thioether (sulfide) groups is 1. The summed E-state index contributed by atoms with van der Waals surface area (Å²) in [5.74, 6) is 1.35. The van der Waals surface area contributed by atoms with Gasteiger partial charge in [0.2, 0.25) is 5.89 Å². The van der Waals surface area contributed by atoms with Crippen LogP contribution >= 0.6 is 35.0 Å². The second-order valence-corrected chi connectivity index (χ2v) is 6.93. The van der Waals surface area contributed by atoms with Crippen molar-refractivity contribution in [2.75, 3.05) is 5.32 Å². The predicted molar refractivity (Wildman–Crippen MR) is 99.5 cm³/mol. The number of amides is 1. The molecule has 128 valence electrons. The highest BCUT2D eigenvalue weighted by atomic mass is 35.5. The van der Waals surface area contributed by atoms with E-state index in [4.69, 9.17) is 27.7 Å². The van der Waals surface area contributed by atoms with Gasteiger partial charge in [-0.05, 0) is 37.3 Å². The lowest BCUT2D eigenvalue weighted by atomic mass is 10.2. The molecule has 0 unspecified atom stereocenters. The molecule has 1 heterocycles. The van der Waals surface area contributed by atoms with Gasteiger partial charge >= 0.3 is 0 Å². The first kappa shape index (κ1) is 17.8. The van der Waals surface area contributed by atoms with Crippen molar-refractivity contribution < 1.29 is 9.32 Å². The van der Waals surface area contributed by atoms with Crippen LogP contribution in [0.15, 0.2) is 51.9 Å². The number of halogens is 2. The smallest absolute Gasteiger partial charge is 0.256 e. The number of carbonyl (C=O) groups is 1.